The maximum absolute atomic E-state index is 12.7. The summed E-state index contributed by atoms with van der Waals surface area (Å²) < 4.78 is 6.80. The highest BCUT2D eigenvalue weighted by molar-refractivity contribution is 6.04. The fraction of sp³-hybridized carbons (Fsp3) is 0.667. The Morgan fingerprint density at radius 2 is 2.47 bits per heavy atom. The Morgan fingerprint density at radius 3 is 3.00 bits per heavy atom. The minimum absolute atomic E-state index is 0.0920. The second-order valence-electron chi connectivity index (χ2n) is 4.48. The van der Waals surface area contributed by atoms with Crippen LogP contribution in [0, 0.1) is 0 Å². The Morgan fingerprint density at radius 1 is 1.71 bits per heavy atom. The molecule has 94 valence electrons. The van der Waals surface area contributed by atoms with Crippen LogP contribution in [0.4, 0.5) is 0 Å². The molecule has 1 aromatic heterocycles. The van der Waals surface area contributed by atoms with Crippen LogP contribution in [0.5, 0.6) is 5.75 Å². The molecule has 2 heterocycles. The summed E-state index contributed by atoms with van der Waals surface area (Å²) in [5, 5.41) is 7.43. The molecule has 0 spiro atoms. The summed E-state index contributed by atoms with van der Waals surface area (Å²) in [4.78, 5) is 12.7. The highest BCUT2D eigenvalue weighted by Crippen LogP contribution is 2.30. The van der Waals surface area contributed by atoms with Gasteiger partial charge in [-0.3, -0.25) is 9.48 Å². The first-order chi connectivity index (χ1) is 8.14. The van der Waals surface area contributed by atoms with Gasteiger partial charge in [0, 0.05) is 7.05 Å². The van der Waals surface area contributed by atoms with Crippen molar-refractivity contribution >= 4 is 5.78 Å². The molecule has 1 aliphatic heterocycles. The summed E-state index contributed by atoms with van der Waals surface area (Å²) in [6, 6.07) is 0. The van der Waals surface area contributed by atoms with Gasteiger partial charge < -0.3 is 10.1 Å². The number of Topliss-reactive ketones (excluding diaryl/α,β-unsaturated/α-hetero) is 1. The second-order valence-corrected chi connectivity index (χ2v) is 4.48. The summed E-state index contributed by atoms with van der Waals surface area (Å²) in [6.07, 6.45) is 4.31. The van der Waals surface area contributed by atoms with E-state index in [1.807, 2.05) is 6.92 Å². The predicted octanol–water partition coefficient (Wildman–Crippen LogP) is 1.14. The van der Waals surface area contributed by atoms with Gasteiger partial charge in [-0.15, -0.1) is 0 Å². The van der Waals surface area contributed by atoms with Crippen LogP contribution in [0.15, 0.2) is 6.20 Å². The number of nitrogens with zero attached hydrogens (tertiary/aromatic N) is 2. The molecular formula is C12H19N3O2. The summed E-state index contributed by atoms with van der Waals surface area (Å²) >= 11 is 0. The van der Waals surface area contributed by atoms with Gasteiger partial charge in [0.05, 0.1) is 18.8 Å². The molecule has 0 saturated carbocycles. The zero-order valence-corrected chi connectivity index (χ0v) is 10.6. The van der Waals surface area contributed by atoms with E-state index < -0.39 is 5.54 Å². The maximum Gasteiger partial charge on any atom is 0.204 e. The predicted molar refractivity (Wildman–Crippen MR) is 64.3 cm³/mol. The van der Waals surface area contributed by atoms with Crippen molar-refractivity contribution in [1.82, 2.24) is 15.1 Å². The Hall–Kier alpha value is -1.36. The Kier molecular flexibility index (Phi) is 3.19. The lowest BCUT2D eigenvalue weighted by molar-refractivity contribution is 0.0850. The lowest BCUT2D eigenvalue weighted by Gasteiger charge is -2.26. The Balaban J connectivity index is 2.38. The molecule has 1 atom stereocenters. The third kappa shape index (κ3) is 1.84. The van der Waals surface area contributed by atoms with Gasteiger partial charge in [0.2, 0.25) is 5.78 Å². The van der Waals surface area contributed by atoms with Crippen LogP contribution >= 0.6 is 0 Å². The van der Waals surface area contributed by atoms with Crippen LogP contribution < -0.4 is 10.1 Å². The van der Waals surface area contributed by atoms with E-state index in [0.29, 0.717) is 11.4 Å². The standard InChI is InChI=1S/C12H19N3O2/c1-4-12(6-5-7-13-12)11(16)10-9(17-3)8-14-15(10)2/h8,13H,4-7H2,1-3H3. The van der Waals surface area contributed by atoms with E-state index in [0.717, 1.165) is 25.8 Å². The summed E-state index contributed by atoms with van der Waals surface area (Å²) in [7, 11) is 3.34. The number of hydrogen-bond acceptors (Lipinski definition) is 4. The van der Waals surface area contributed by atoms with Crippen LogP contribution in [0.3, 0.4) is 0 Å². The van der Waals surface area contributed by atoms with E-state index in [-0.39, 0.29) is 5.78 Å². The van der Waals surface area contributed by atoms with Crippen molar-refractivity contribution in [2.24, 2.45) is 7.05 Å². The molecule has 1 unspecified atom stereocenters. The quantitative estimate of drug-likeness (QED) is 0.798. The van der Waals surface area contributed by atoms with Crippen LogP contribution in [-0.4, -0.2) is 34.8 Å². The van der Waals surface area contributed by atoms with E-state index in [1.54, 1.807) is 25.0 Å². The molecule has 1 N–H and O–H groups in total. The number of rotatable bonds is 4. The number of nitrogens with one attached hydrogen (secondary N) is 1. The van der Waals surface area contributed by atoms with Crippen molar-refractivity contribution in [3.05, 3.63) is 11.9 Å². The van der Waals surface area contributed by atoms with Gasteiger partial charge in [-0.05, 0) is 25.8 Å². The highest BCUT2D eigenvalue weighted by Gasteiger charge is 2.42. The third-order valence-electron chi connectivity index (χ3n) is 3.62. The van der Waals surface area contributed by atoms with Gasteiger partial charge in [-0.1, -0.05) is 6.92 Å². The Labute approximate surface area is 101 Å². The lowest BCUT2D eigenvalue weighted by atomic mass is 9.87. The largest absolute Gasteiger partial charge is 0.493 e. The molecular weight excluding hydrogens is 218 g/mol. The number of aromatic nitrogens is 2. The van der Waals surface area contributed by atoms with Crippen LogP contribution in [0.1, 0.15) is 36.7 Å². The van der Waals surface area contributed by atoms with Crippen LogP contribution in [-0.2, 0) is 7.05 Å². The fourth-order valence-electron chi connectivity index (χ4n) is 2.51. The molecule has 1 fully saturated rings. The Bertz CT molecular complexity index is 419. The second kappa shape index (κ2) is 4.49. The van der Waals surface area contributed by atoms with Gasteiger partial charge >= 0.3 is 0 Å². The molecule has 5 nitrogen and oxygen atoms in total. The van der Waals surface area contributed by atoms with E-state index in [2.05, 4.69) is 10.4 Å². The first kappa shape index (κ1) is 12.1. The first-order valence-corrected chi connectivity index (χ1v) is 6.00. The van der Waals surface area contributed by atoms with Gasteiger partial charge in [-0.25, -0.2) is 0 Å². The monoisotopic (exact) mass is 237 g/mol. The van der Waals surface area contributed by atoms with Gasteiger partial charge in [-0.2, -0.15) is 5.10 Å². The van der Waals surface area contributed by atoms with Gasteiger partial charge in [0.1, 0.15) is 5.69 Å². The van der Waals surface area contributed by atoms with E-state index in [1.165, 1.54) is 0 Å². The lowest BCUT2D eigenvalue weighted by Crippen LogP contribution is -2.47. The molecule has 1 saturated heterocycles. The number of aryl methyl sites for hydroxylation is 1. The average Bonchev–Trinajstić information content (AvgIpc) is 2.95. The number of ether oxygens (including phenoxy) is 1. The SMILES string of the molecule is CCC1(C(=O)c2c(OC)cnn2C)CCCN1. The van der Waals surface area contributed by atoms with E-state index >= 15 is 0 Å². The topological polar surface area (TPSA) is 56.1 Å². The molecule has 0 amide bonds. The summed E-state index contributed by atoms with van der Waals surface area (Å²) in [6.45, 7) is 2.94. The maximum atomic E-state index is 12.7. The van der Waals surface area contributed by atoms with Crippen molar-refractivity contribution in [2.45, 2.75) is 31.7 Å². The normalized spacial score (nSPS) is 23.9. The van der Waals surface area contributed by atoms with Crippen LogP contribution in [0.2, 0.25) is 0 Å². The molecule has 17 heavy (non-hydrogen) atoms. The molecule has 0 aliphatic carbocycles. The zero-order valence-electron chi connectivity index (χ0n) is 10.6. The van der Waals surface area contributed by atoms with Crippen molar-refractivity contribution in [3.8, 4) is 5.75 Å². The summed E-state index contributed by atoms with van der Waals surface area (Å²) in [5.41, 5.74) is 0.130. The van der Waals surface area contributed by atoms with Crippen molar-refractivity contribution in [2.75, 3.05) is 13.7 Å². The molecule has 0 aromatic carbocycles. The van der Waals surface area contributed by atoms with Crippen molar-refractivity contribution < 1.29 is 9.53 Å². The molecule has 0 bridgehead atoms. The third-order valence-corrected chi connectivity index (χ3v) is 3.62. The number of methoxy groups -OCH3 is 1. The van der Waals surface area contributed by atoms with E-state index in [9.17, 15) is 4.79 Å². The molecule has 2 rings (SSSR count). The van der Waals surface area contributed by atoms with Crippen molar-refractivity contribution in [1.29, 1.82) is 0 Å². The fourth-order valence-corrected chi connectivity index (χ4v) is 2.51. The van der Waals surface area contributed by atoms with Gasteiger partial charge in [0.15, 0.2) is 5.75 Å². The molecule has 1 aromatic rings. The number of carbonyl (C=O) groups excluding carboxylic acids is 1. The van der Waals surface area contributed by atoms with Crippen LogP contribution in [0.25, 0.3) is 0 Å². The minimum atomic E-state index is -0.429. The smallest absolute Gasteiger partial charge is 0.204 e. The van der Waals surface area contributed by atoms with Crippen molar-refractivity contribution in [3.63, 3.8) is 0 Å². The first-order valence-electron chi connectivity index (χ1n) is 6.00. The molecule has 1 aliphatic rings. The zero-order chi connectivity index (χ0) is 12.5. The van der Waals surface area contributed by atoms with Gasteiger partial charge in [0.25, 0.3) is 0 Å². The van der Waals surface area contributed by atoms with E-state index in [4.69, 9.17) is 4.74 Å². The molecule has 0 radical (unpaired) electrons. The summed E-state index contributed by atoms with van der Waals surface area (Å²) in [5.74, 6) is 0.647. The average molecular weight is 237 g/mol. The minimum Gasteiger partial charge on any atom is -0.493 e. The number of hydrogen-bond donors (Lipinski definition) is 1. The molecule has 5 heteroatoms. The number of ketones is 1. The highest BCUT2D eigenvalue weighted by atomic mass is 16.5. The number of carbonyl (C=O) groups is 1.